The summed E-state index contributed by atoms with van der Waals surface area (Å²) in [5.74, 6) is -1.16. The van der Waals surface area contributed by atoms with Gasteiger partial charge in [0.1, 0.15) is 6.04 Å². The lowest BCUT2D eigenvalue weighted by Gasteiger charge is -2.21. The Hall–Kier alpha value is -1.30. The summed E-state index contributed by atoms with van der Waals surface area (Å²) in [7, 11) is 3.93. The van der Waals surface area contributed by atoms with Crippen LogP contribution in [0.1, 0.15) is 27.2 Å². The Morgan fingerprint density at radius 2 is 1.72 bits per heavy atom. The molecule has 0 aliphatic carbocycles. The molecule has 0 saturated heterocycles. The third kappa shape index (κ3) is 7.11. The van der Waals surface area contributed by atoms with E-state index in [1.54, 1.807) is 13.8 Å². The first-order valence-corrected chi connectivity index (χ1v) is 6.18. The molecule has 0 saturated carbocycles. The number of carbonyl (C=O) groups is 2. The van der Waals surface area contributed by atoms with Crippen LogP contribution in [0, 0.1) is 5.92 Å². The molecule has 0 aromatic carbocycles. The monoisotopic (exact) mass is 259 g/mol. The Kier molecular flexibility index (Phi) is 7.35. The van der Waals surface area contributed by atoms with Gasteiger partial charge < -0.3 is 20.6 Å². The molecule has 0 aromatic rings. The normalized spacial score (nSPS) is 14.4. The number of carboxylic acids is 1. The van der Waals surface area contributed by atoms with Gasteiger partial charge in [-0.05, 0) is 39.9 Å². The molecule has 0 aromatic heterocycles. The molecule has 2 atom stereocenters. The molecule has 0 radical (unpaired) electrons. The highest BCUT2D eigenvalue weighted by Gasteiger charge is 2.23. The van der Waals surface area contributed by atoms with Crippen LogP contribution < -0.4 is 10.6 Å². The van der Waals surface area contributed by atoms with Gasteiger partial charge in [0.2, 0.25) is 0 Å². The molecule has 0 rings (SSSR count). The van der Waals surface area contributed by atoms with Gasteiger partial charge in [0, 0.05) is 6.04 Å². The zero-order chi connectivity index (χ0) is 14.3. The van der Waals surface area contributed by atoms with Crippen molar-refractivity contribution in [1.29, 1.82) is 0 Å². The molecular weight excluding hydrogens is 234 g/mol. The van der Waals surface area contributed by atoms with Crippen molar-refractivity contribution in [1.82, 2.24) is 15.5 Å². The van der Waals surface area contributed by atoms with Gasteiger partial charge in [-0.3, -0.25) is 0 Å². The van der Waals surface area contributed by atoms with E-state index in [0.29, 0.717) is 0 Å². The van der Waals surface area contributed by atoms with Gasteiger partial charge in [-0.2, -0.15) is 0 Å². The van der Waals surface area contributed by atoms with Gasteiger partial charge >= 0.3 is 12.0 Å². The van der Waals surface area contributed by atoms with Crippen molar-refractivity contribution in [3.63, 3.8) is 0 Å². The highest BCUT2D eigenvalue weighted by atomic mass is 16.4. The first-order valence-electron chi connectivity index (χ1n) is 6.18. The number of rotatable bonds is 7. The fourth-order valence-corrected chi connectivity index (χ4v) is 1.44. The molecule has 1 unspecified atom stereocenters. The lowest BCUT2D eigenvalue weighted by Crippen LogP contribution is -2.50. The zero-order valence-corrected chi connectivity index (χ0v) is 11.9. The van der Waals surface area contributed by atoms with E-state index in [1.807, 2.05) is 25.9 Å². The van der Waals surface area contributed by atoms with Gasteiger partial charge in [0.25, 0.3) is 0 Å². The van der Waals surface area contributed by atoms with Crippen LogP contribution in [0.4, 0.5) is 4.79 Å². The van der Waals surface area contributed by atoms with E-state index in [0.717, 1.165) is 13.0 Å². The molecule has 6 heteroatoms. The summed E-state index contributed by atoms with van der Waals surface area (Å²) in [6.45, 7) is 6.28. The fourth-order valence-electron chi connectivity index (χ4n) is 1.44. The minimum Gasteiger partial charge on any atom is -0.480 e. The van der Waals surface area contributed by atoms with Crippen LogP contribution in [0.25, 0.3) is 0 Å². The predicted molar refractivity (Wildman–Crippen MR) is 70.6 cm³/mol. The average Bonchev–Trinajstić information content (AvgIpc) is 2.22. The number of hydrogen-bond donors (Lipinski definition) is 3. The maximum absolute atomic E-state index is 11.6. The second kappa shape index (κ2) is 7.92. The van der Waals surface area contributed by atoms with Crippen molar-refractivity contribution in [3.8, 4) is 0 Å². The summed E-state index contributed by atoms with van der Waals surface area (Å²) < 4.78 is 0. The van der Waals surface area contributed by atoms with E-state index in [1.165, 1.54) is 0 Å². The van der Waals surface area contributed by atoms with Crippen LogP contribution in [-0.2, 0) is 4.79 Å². The van der Waals surface area contributed by atoms with Crippen molar-refractivity contribution < 1.29 is 14.7 Å². The molecule has 0 aliphatic rings. The highest BCUT2D eigenvalue weighted by Crippen LogP contribution is 2.01. The molecule has 2 amide bonds. The zero-order valence-electron chi connectivity index (χ0n) is 11.9. The molecule has 0 heterocycles. The van der Waals surface area contributed by atoms with E-state index < -0.39 is 18.0 Å². The third-order valence-corrected chi connectivity index (χ3v) is 2.61. The Morgan fingerprint density at radius 1 is 1.17 bits per heavy atom. The van der Waals surface area contributed by atoms with E-state index in [2.05, 4.69) is 10.6 Å². The van der Waals surface area contributed by atoms with Gasteiger partial charge in [-0.1, -0.05) is 13.8 Å². The van der Waals surface area contributed by atoms with Crippen LogP contribution in [0.15, 0.2) is 0 Å². The summed E-state index contributed by atoms with van der Waals surface area (Å²) >= 11 is 0. The van der Waals surface area contributed by atoms with E-state index in [4.69, 9.17) is 5.11 Å². The highest BCUT2D eigenvalue weighted by molar-refractivity contribution is 5.82. The molecule has 18 heavy (non-hydrogen) atoms. The first kappa shape index (κ1) is 16.7. The summed E-state index contributed by atoms with van der Waals surface area (Å²) in [6, 6.07) is -1.28. The number of hydrogen-bond acceptors (Lipinski definition) is 3. The van der Waals surface area contributed by atoms with Crippen molar-refractivity contribution in [2.45, 2.75) is 39.3 Å². The number of carbonyl (C=O) groups excluding carboxylic acids is 1. The topological polar surface area (TPSA) is 81.7 Å². The van der Waals surface area contributed by atoms with Crippen LogP contribution in [-0.4, -0.2) is 54.7 Å². The Bertz CT molecular complexity index is 280. The molecule has 0 aliphatic heterocycles. The number of nitrogens with zero attached hydrogens (tertiary/aromatic N) is 1. The molecule has 3 N–H and O–H groups in total. The quantitative estimate of drug-likeness (QED) is 0.629. The van der Waals surface area contributed by atoms with Gasteiger partial charge in [0.05, 0.1) is 0 Å². The van der Waals surface area contributed by atoms with Gasteiger partial charge in [-0.25, -0.2) is 9.59 Å². The Morgan fingerprint density at radius 3 is 2.11 bits per heavy atom. The largest absolute Gasteiger partial charge is 0.480 e. The number of urea groups is 1. The van der Waals surface area contributed by atoms with E-state index >= 15 is 0 Å². The second-order valence-corrected chi connectivity index (χ2v) is 5.17. The maximum Gasteiger partial charge on any atom is 0.326 e. The summed E-state index contributed by atoms with van der Waals surface area (Å²) in [6.07, 6.45) is 0.819. The minimum absolute atomic E-state index is 0.00834. The van der Waals surface area contributed by atoms with E-state index in [9.17, 15) is 9.59 Å². The van der Waals surface area contributed by atoms with E-state index in [-0.39, 0.29) is 12.0 Å². The maximum atomic E-state index is 11.6. The molecule has 6 nitrogen and oxygen atoms in total. The summed E-state index contributed by atoms with van der Waals surface area (Å²) in [4.78, 5) is 24.6. The van der Waals surface area contributed by atoms with Crippen LogP contribution in [0.5, 0.6) is 0 Å². The predicted octanol–water partition coefficient (Wildman–Crippen LogP) is 0.735. The first-order chi connectivity index (χ1) is 8.23. The minimum atomic E-state index is -1.01. The molecule has 0 spiro atoms. The number of carboxylic acid groups (broad SMARTS) is 1. The lowest BCUT2D eigenvalue weighted by molar-refractivity contribution is -0.140. The van der Waals surface area contributed by atoms with Gasteiger partial charge in [-0.15, -0.1) is 0 Å². The van der Waals surface area contributed by atoms with Crippen molar-refractivity contribution in [2.75, 3.05) is 20.6 Å². The second-order valence-electron chi connectivity index (χ2n) is 5.17. The average molecular weight is 259 g/mol. The van der Waals surface area contributed by atoms with Gasteiger partial charge in [0.15, 0.2) is 0 Å². The van der Waals surface area contributed by atoms with Crippen molar-refractivity contribution >= 4 is 12.0 Å². The molecule has 0 bridgehead atoms. The summed E-state index contributed by atoms with van der Waals surface area (Å²) in [5, 5.41) is 14.2. The Labute approximate surface area is 109 Å². The lowest BCUT2D eigenvalue weighted by atomic mass is 10.1. The number of nitrogens with one attached hydrogen (secondary N) is 2. The van der Waals surface area contributed by atoms with Crippen molar-refractivity contribution in [3.05, 3.63) is 0 Å². The number of amides is 2. The smallest absolute Gasteiger partial charge is 0.326 e. The van der Waals surface area contributed by atoms with Crippen LogP contribution in [0.3, 0.4) is 0 Å². The molecule has 0 fully saturated rings. The van der Waals surface area contributed by atoms with Crippen molar-refractivity contribution in [2.24, 2.45) is 5.92 Å². The van der Waals surface area contributed by atoms with Crippen LogP contribution in [0.2, 0.25) is 0 Å². The standard InChI is InChI=1S/C12H25N3O3/c1-8(2)10(11(16)17)14-12(18)13-9(3)6-7-15(4)5/h8-10H,6-7H2,1-5H3,(H,16,17)(H2,13,14,18)/t9?,10-/m0/s1. The Balaban J connectivity index is 4.12. The third-order valence-electron chi connectivity index (χ3n) is 2.61. The number of aliphatic carboxylic acids is 1. The molecular formula is C12H25N3O3. The van der Waals surface area contributed by atoms with Crippen LogP contribution >= 0.6 is 0 Å². The molecule has 106 valence electrons. The summed E-state index contributed by atoms with van der Waals surface area (Å²) in [5.41, 5.74) is 0. The fraction of sp³-hybridized carbons (Fsp3) is 0.833. The SMILES string of the molecule is CC(CCN(C)C)NC(=O)N[C@H](C(=O)O)C(C)C.